The number of hydrogen-bond donors (Lipinski definition) is 1. The molecule has 0 bridgehead atoms. The fourth-order valence-electron chi connectivity index (χ4n) is 2.61. The molecule has 0 fully saturated rings. The molecule has 2 N–H and O–H groups in total. The first kappa shape index (κ1) is 14.1. The minimum absolute atomic E-state index is 0.586. The highest BCUT2D eigenvalue weighted by Crippen LogP contribution is 2.29. The number of aryl methyl sites for hydroxylation is 2. The number of nitrogens with zero attached hydrogens (tertiary/aromatic N) is 2. The van der Waals surface area contributed by atoms with Crippen LogP contribution in [0, 0.1) is 13.8 Å². The number of benzene rings is 1. The van der Waals surface area contributed by atoms with E-state index >= 15 is 0 Å². The molecule has 3 nitrogen and oxygen atoms in total. The molecule has 3 aromatic rings. The van der Waals surface area contributed by atoms with Crippen LogP contribution in [0.1, 0.15) is 16.8 Å². The van der Waals surface area contributed by atoms with Gasteiger partial charge in [0, 0.05) is 23.2 Å². The van der Waals surface area contributed by atoms with Gasteiger partial charge in [-0.3, -0.25) is 4.40 Å². The van der Waals surface area contributed by atoms with Crippen molar-refractivity contribution in [1.29, 1.82) is 0 Å². The van der Waals surface area contributed by atoms with Crippen molar-refractivity contribution in [1.82, 2.24) is 9.38 Å². The molecule has 0 radical (unpaired) electrons. The van der Waals surface area contributed by atoms with Gasteiger partial charge in [0.05, 0.1) is 11.4 Å². The Morgan fingerprint density at radius 3 is 2.71 bits per heavy atom. The summed E-state index contributed by atoms with van der Waals surface area (Å²) >= 11 is 6.14. The summed E-state index contributed by atoms with van der Waals surface area (Å²) < 4.78 is 2.14. The molecule has 4 heteroatoms. The lowest BCUT2D eigenvalue weighted by Gasteiger charge is -2.08. The van der Waals surface area contributed by atoms with Crippen molar-refractivity contribution in [3.05, 3.63) is 58.4 Å². The van der Waals surface area contributed by atoms with Crippen molar-refractivity contribution >= 4 is 17.2 Å². The fourth-order valence-corrected chi connectivity index (χ4v) is 2.73. The van der Waals surface area contributed by atoms with Crippen LogP contribution in [0.2, 0.25) is 5.02 Å². The standard InChI is InChI=1S/C17H18ClN3/c1-11-3-6-16-20-15(7-8-19)17(21(16)10-11)13-4-5-14(18)12(2)9-13/h3-6,9-10H,7-8,19H2,1-2H3. The third-order valence-corrected chi connectivity index (χ3v) is 4.08. The topological polar surface area (TPSA) is 43.3 Å². The van der Waals surface area contributed by atoms with Crippen molar-refractivity contribution in [3.63, 3.8) is 0 Å². The molecule has 3 rings (SSSR count). The van der Waals surface area contributed by atoms with Gasteiger partial charge in [-0.1, -0.05) is 23.7 Å². The molecule has 1 aromatic carbocycles. The van der Waals surface area contributed by atoms with Crippen molar-refractivity contribution in [3.8, 4) is 11.3 Å². The van der Waals surface area contributed by atoms with E-state index in [4.69, 9.17) is 22.3 Å². The van der Waals surface area contributed by atoms with Crippen LogP contribution in [0.3, 0.4) is 0 Å². The third kappa shape index (κ3) is 2.55. The molecule has 108 valence electrons. The summed E-state index contributed by atoms with van der Waals surface area (Å²) in [5.41, 5.74) is 12.2. The van der Waals surface area contributed by atoms with Crippen molar-refractivity contribution in [2.24, 2.45) is 5.73 Å². The van der Waals surface area contributed by atoms with Crippen LogP contribution in [0.4, 0.5) is 0 Å². The molecule has 2 aromatic heterocycles. The van der Waals surface area contributed by atoms with Gasteiger partial charge < -0.3 is 5.73 Å². The second kappa shape index (κ2) is 5.51. The van der Waals surface area contributed by atoms with Gasteiger partial charge in [-0.15, -0.1) is 0 Å². The van der Waals surface area contributed by atoms with Crippen LogP contribution in [0.5, 0.6) is 0 Å². The summed E-state index contributed by atoms with van der Waals surface area (Å²) in [4.78, 5) is 4.72. The SMILES string of the molecule is Cc1ccc2nc(CCN)c(-c3ccc(Cl)c(C)c3)n2c1. The van der Waals surface area contributed by atoms with Crippen molar-refractivity contribution < 1.29 is 0 Å². The molecule has 2 heterocycles. The Hall–Kier alpha value is -1.84. The van der Waals surface area contributed by atoms with Gasteiger partial charge in [0.2, 0.25) is 0 Å². The van der Waals surface area contributed by atoms with Crippen molar-refractivity contribution in [2.75, 3.05) is 6.54 Å². The zero-order chi connectivity index (χ0) is 15.0. The van der Waals surface area contributed by atoms with Crippen LogP contribution < -0.4 is 5.73 Å². The third-order valence-electron chi connectivity index (χ3n) is 3.65. The summed E-state index contributed by atoms with van der Waals surface area (Å²) in [6.07, 6.45) is 2.87. The maximum absolute atomic E-state index is 6.14. The lowest BCUT2D eigenvalue weighted by Crippen LogP contribution is -2.04. The minimum Gasteiger partial charge on any atom is -0.330 e. The first-order valence-corrected chi connectivity index (χ1v) is 7.42. The highest BCUT2D eigenvalue weighted by atomic mass is 35.5. The number of nitrogens with two attached hydrogens (primary N) is 1. The summed E-state index contributed by atoms with van der Waals surface area (Å²) in [5, 5.41) is 0.782. The Balaban J connectivity index is 2.29. The lowest BCUT2D eigenvalue weighted by atomic mass is 10.1. The summed E-state index contributed by atoms with van der Waals surface area (Å²) in [5.74, 6) is 0. The molecule has 0 atom stereocenters. The number of fused-ring (bicyclic) bond motifs is 1. The van der Waals surface area contributed by atoms with E-state index in [-0.39, 0.29) is 0 Å². The average molecular weight is 300 g/mol. The van der Waals surface area contributed by atoms with E-state index in [2.05, 4.69) is 29.7 Å². The van der Waals surface area contributed by atoms with Crippen LogP contribution in [-0.4, -0.2) is 15.9 Å². The van der Waals surface area contributed by atoms with Gasteiger partial charge in [-0.05, 0) is 49.7 Å². The zero-order valence-electron chi connectivity index (χ0n) is 12.2. The second-order valence-corrected chi connectivity index (χ2v) is 5.75. The Bertz CT molecular complexity index is 805. The van der Waals surface area contributed by atoms with Crippen LogP contribution in [-0.2, 0) is 6.42 Å². The highest BCUT2D eigenvalue weighted by Gasteiger charge is 2.14. The number of rotatable bonds is 3. The maximum atomic E-state index is 6.14. The van der Waals surface area contributed by atoms with Crippen LogP contribution in [0.15, 0.2) is 36.5 Å². The van der Waals surface area contributed by atoms with Gasteiger partial charge >= 0.3 is 0 Å². The van der Waals surface area contributed by atoms with Gasteiger partial charge in [-0.25, -0.2) is 4.98 Å². The smallest absolute Gasteiger partial charge is 0.137 e. The molecule has 0 amide bonds. The van der Waals surface area contributed by atoms with E-state index < -0.39 is 0 Å². The number of hydrogen-bond acceptors (Lipinski definition) is 2. The molecule has 0 aliphatic rings. The summed E-state index contributed by atoms with van der Waals surface area (Å²) in [6, 6.07) is 10.2. The molecule has 0 saturated carbocycles. The quantitative estimate of drug-likeness (QED) is 0.800. The van der Waals surface area contributed by atoms with Gasteiger partial charge in [0.15, 0.2) is 0 Å². The number of aromatic nitrogens is 2. The van der Waals surface area contributed by atoms with E-state index in [1.165, 1.54) is 5.56 Å². The number of halogens is 1. The maximum Gasteiger partial charge on any atom is 0.137 e. The van der Waals surface area contributed by atoms with Gasteiger partial charge in [0.1, 0.15) is 5.65 Å². The normalized spacial score (nSPS) is 11.2. The van der Waals surface area contributed by atoms with E-state index in [1.54, 1.807) is 0 Å². The van der Waals surface area contributed by atoms with E-state index in [1.807, 2.05) is 25.1 Å². The molecular weight excluding hydrogens is 282 g/mol. The second-order valence-electron chi connectivity index (χ2n) is 5.34. The predicted octanol–water partition coefficient (Wildman–Crippen LogP) is 3.77. The molecule has 0 saturated heterocycles. The minimum atomic E-state index is 0.586. The highest BCUT2D eigenvalue weighted by molar-refractivity contribution is 6.31. The zero-order valence-corrected chi connectivity index (χ0v) is 13.0. The van der Waals surface area contributed by atoms with E-state index in [0.717, 1.165) is 39.6 Å². The van der Waals surface area contributed by atoms with Crippen LogP contribution >= 0.6 is 11.6 Å². The lowest BCUT2D eigenvalue weighted by molar-refractivity contribution is 0.939. The molecule has 0 aliphatic carbocycles. The fraction of sp³-hybridized carbons (Fsp3) is 0.235. The van der Waals surface area contributed by atoms with E-state index in [9.17, 15) is 0 Å². The first-order chi connectivity index (χ1) is 10.1. The largest absolute Gasteiger partial charge is 0.330 e. The van der Waals surface area contributed by atoms with Crippen molar-refractivity contribution in [2.45, 2.75) is 20.3 Å². The van der Waals surface area contributed by atoms with Gasteiger partial charge in [0.25, 0.3) is 0 Å². The molecule has 21 heavy (non-hydrogen) atoms. The average Bonchev–Trinajstić information content (AvgIpc) is 2.80. The monoisotopic (exact) mass is 299 g/mol. The Labute approximate surface area is 129 Å². The predicted molar refractivity (Wildman–Crippen MR) is 87.9 cm³/mol. The van der Waals surface area contributed by atoms with E-state index in [0.29, 0.717) is 6.54 Å². The summed E-state index contributed by atoms with van der Waals surface area (Å²) in [7, 11) is 0. The Morgan fingerprint density at radius 2 is 2.00 bits per heavy atom. The van der Waals surface area contributed by atoms with Crippen LogP contribution in [0.25, 0.3) is 16.9 Å². The molecular formula is C17H18ClN3. The molecule has 0 aliphatic heterocycles. The number of imidazole rings is 1. The number of pyridine rings is 1. The van der Waals surface area contributed by atoms with Gasteiger partial charge in [-0.2, -0.15) is 0 Å². The Morgan fingerprint density at radius 1 is 1.19 bits per heavy atom. The Kier molecular flexibility index (Phi) is 3.70. The molecule has 0 unspecified atom stereocenters. The first-order valence-electron chi connectivity index (χ1n) is 7.04. The summed E-state index contributed by atoms with van der Waals surface area (Å²) in [6.45, 7) is 4.68. The molecule has 0 spiro atoms.